The van der Waals surface area contributed by atoms with Crippen LogP contribution in [0.3, 0.4) is 0 Å². The zero-order valence-corrected chi connectivity index (χ0v) is 19.7. The average molecular weight is 448 g/mol. The van der Waals surface area contributed by atoms with Crippen molar-refractivity contribution in [2.45, 2.75) is 38.1 Å². The van der Waals surface area contributed by atoms with Crippen molar-refractivity contribution in [2.24, 2.45) is 5.92 Å². The first kappa shape index (κ1) is 22.3. The molecule has 0 bridgehead atoms. The Hall–Kier alpha value is -2.86. The number of carbonyl (C=O) groups is 2. The quantitative estimate of drug-likeness (QED) is 0.394. The molecule has 6 heteroatoms. The number of benzene rings is 2. The predicted molar refractivity (Wildman–Crippen MR) is 128 cm³/mol. The number of thioether (sulfide) groups is 1. The number of nitrogens with zero attached hydrogens (tertiary/aromatic N) is 3. The summed E-state index contributed by atoms with van der Waals surface area (Å²) in [5.41, 5.74) is 4.63. The van der Waals surface area contributed by atoms with Crippen LogP contribution in [0.2, 0.25) is 0 Å². The van der Waals surface area contributed by atoms with Crippen molar-refractivity contribution in [3.05, 3.63) is 82.7 Å². The average Bonchev–Trinajstić information content (AvgIpc) is 3.15. The summed E-state index contributed by atoms with van der Waals surface area (Å²) in [5.74, 6) is -0.00795. The zero-order chi connectivity index (χ0) is 22.7. The van der Waals surface area contributed by atoms with Gasteiger partial charge in [-0.15, -0.1) is 11.8 Å². The maximum atomic E-state index is 13.1. The molecule has 0 radical (unpaired) electrons. The van der Waals surface area contributed by atoms with Gasteiger partial charge < -0.3 is 4.90 Å². The third-order valence-electron chi connectivity index (χ3n) is 6.09. The molecular formula is C26H29N3O2S. The van der Waals surface area contributed by atoms with Gasteiger partial charge in [-0.1, -0.05) is 24.3 Å². The van der Waals surface area contributed by atoms with Crippen molar-refractivity contribution in [1.29, 1.82) is 0 Å². The van der Waals surface area contributed by atoms with Gasteiger partial charge in [0.15, 0.2) is 5.78 Å². The van der Waals surface area contributed by atoms with Gasteiger partial charge in [-0.05, 0) is 68.8 Å². The second-order valence-corrected chi connectivity index (χ2v) is 9.34. The van der Waals surface area contributed by atoms with Crippen LogP contribution in [0.5, 0.6) is 0 Å². The first-order chi connectivity index (χ1) is 15.4. The molecule has 0 aliphatic carbocycles. The van der Waals surface area contributed by atoms with Crippen molar-refractivity contribution in [2.75, 3.05) is 19.3 Å². The minimum Gasteiger partial charge on any atom is -0.338 e. The van der Waals surface area contributed by atoms with Crippen LogP contribution in [0.1, 0.15) is 50.5 Å². The first-order valence-corrected chi connectivity index (χ1v) is 12.2. The van der Waals surface area contributed by atoms with E-state index in [0.29, 0.717) is 25.2 Å². The largest absolute Gasteiger partial charge is 0.338 e. The number of rotatable bonds is 6. The fourth-order valence-corrected chi connectivity index (χ4v) is 4.72. The van der Waals surface area contributed by atoms with E-state index >= 15 is 0 Å². The van der Waals surface area contributed by atoms with E-state index in [2.05, 4.69) is 11.2 Å². The lowest BCUT2D eigenvalue weighted by Crippen LogP contribution is -2.42. The SMILES string of the molecule is CSc1ccc(C(=O)[C@H]2CCCN(C(=O)c3ccc(Cn4nc(C)cc4C)cc3)C2)cc1. The summed E-state index contributed by atoms with van der Waals surface area (Å²) < 4.78 is 1.97. The van der Waals surface area contributed by atoms with Crippen LogP contribution in [0, 0.1) is 19.8 Å². The standard InChI is InChI=1S/C26H29N3O2S/c1-18-15-19(2)29(27-18)16-20-6-8-22(9-7-20)26(31)28-14-4-5-23(17-28)25(30)21-10-12-24(32-3)13-11-21/h6-13,15,23H,4-5,14,16-17H2,1-3H3/t23-/m0/s1. The van der Waals surface area contributed by atoms with Crippen LogP contribution >= 0.6 is 11.8 Å². The summed E-state index contributed by atoms with van der Waals surface area (Å²) in [7, 11) is 0. The topological polar surface area (TPSA) is 55.2 Å². The highest BCUT2D eigenvalue weighted by Crippen LogP contribution is 2.24. The molecule has 1 amide bonds. The lowest BCUT2D eigenvalue weighted by molar-refractivity contribution is 0.0637. The van der Waals surface area contributed by atoms with Crippen molar-refractivity contribution in [1.82, 2.24) is 14.7 Å². The Morgan fingerprint density at radius 2 is 1.72 bits per heavy atom. The molecule has 166 valence electrons. The molecule has 0 spiro atoms. The van der Waals surface area contributed by atoms with Crippen LogP contribution in [0.25, 0.3) is 0 Å². The second-order valence-electron chi connectivity index (χ2n) is 8.46. The van der Waals surface area contributed by atoms with Gasteiger partial charge in [0.1, 0.15) is 0 Å². The highest BCUT2D eigenvalue weighted by molar-refractivity contribution is 7.98. The van der Waals surface area contributed by atoms with E-state index in [1.165, 1.54) is 0 Å². The normalized spacial score (nSPS) is 16.2. The molecule has 0 saturated carbocycles. The Labute approximate surface area is 193 Å². The molecule has 1 fully saturated rings. The van der Waals surface area contributed by atoms with E-state index in [9.17, 15) is 9.59 Å². The highest BCUT2D eigenvalue weighted by atomic mass is 32.2. The molecule has 1 aliphatic heterocycles. The van der Waals surface area contributed by atoms with Crippen LogP contribution in [0.15, 0.2) is 59.5 Å². The number of hydrogen-bond donors (Lipinski definition) is 0. The smallest absolute Gasteiger partial charge is 0.253 e. The molecule has 1 atom stereocenters. The molecule has 1 aromatic heterocycles. The molecule has 1 aliphatic rings. The van der Waals surface area contributed by atoms with Crippen molar-refractivity contribution in [3.63, 3.8) is 0 Å². The Morgan fingerprint density at radius 1 is 1.03 bits per heavy atom. The van der Waals surface area contributed by atoms with E-state index in [0.717, 1.165) is 40.3 Å². The van der Waals surface area contributed by atoms with Crippen LogP contribution in [0.4, 0.5) is 0 Å². The minimum atomic E-state index is -0.141. The van der Waals surface area contributed by atoms with E-state index in [1.807, 2.05) is 78.2 Å². The number of ketones is 1. The summed E-state index contributed by atoms with van der Waals surface area (Å²) in [6, 6.07) is 17.6. The summed E-state index contributed by atoms with van der Waals surface area (Å²) in [6.07, 6.45) is 3.70. The maximum Gasteiger partial charge on any atom is 0.253 e. The third kappa shape index (κ3) is 4.96. The first-order valence-electron chi connectivity index (χ1n) is 11.0. The Balaban J connectivity index is 1.41. The van der Waals surface area contributed by atoms with Crippen LogP contribution in [-0.4, -0.2) is 45.7 Å². The summed E-state index contributed by atoms with van der Waals surface area (Å²) in [5, 5.41) is 4.50. The third-order valence-corrected chi connectivity index (χ3v) is 6.83. The number of hydrogen-bond acceptors (Lipinski definition) is 4. The molecule has 1 saturated heterocycles. The molecule has 5 nitrogen and oxygen atoms in total. The van der Waals surface area contributed by atoms with E-state index < -0.39 is 0 Å². The predicted octanol–water partition coefficient (Wildman–Crippen LogP) is 5.01. The Kier molecular flexibility index (Phi) is 6.80. The van der Waals surface area contributed by atoms with Crippen molar-refractivity contribution < 1.29 is 9.59 Å². The minimum absolute atomic E-state index is 0.00195. The van der Waals surface area contributed by atoms with E-state index in [-0.39, 0.29) is 17.6 Å². The summed E-state index contributed by atoms with van der Waals surface area (Å²) in [6.45, 7) is 5.89. The fourth-order valence-electron chi connectivity index (χ4n) is 4.31. The lowest BCUT2D eigenvalue weighted by Gasteiger charge is -2.32. The van der Waals surface area contributed by atoms with Crippen LogP contribution in [-0.2, 0) is 6.54 Å². The molecular weight excluding hydrogens is 418 g/mol. The number of aromatic nitrogens is 2. The zero-order valence-electron chi connectivity index (χ0n) is 18.9. The molecule has 0 N–H and O–H groups in total. The molecule has 4 rings (SSSR count). The Morgan fingerprint density at radius 3 is 2.34 bits per heavy atom. The maximum absolute atomic E-state index is 13.1. The fraction of sp³-hybridized carbons (Fsp3) is 0.346. The summed E-state index contributed by atoms with van der Waals surface area (Å²) >= 11 is 1.66. The number of aryl methyl sites for hydroxylation is 2. The molecule has 32 heavy (non-hydrogen) atoms. The molecule has 2 heterocycles. The van der Waals surface area contributed by atoms with Gasteiger partial charge >= 0.3 is 0 Å². The number of carbonyl (C=O) groups excluding carboxylic acids is 2. The number of piperidine rings is 1. The van der Waals surface area contributed by atoms with E-state index in [4.69, 9.17) is 0 Å². The van der Waals surface area contributed by atoms with E-state index in [1.54, 1.807) is 11.8 Å². The molecule has 3 aromatic rings. The molecule has 2 aromatic carbocycles. The monoisotopic (exact) mass is 447 g/mol. The van der Waals surface area contributed by atoms with Gasteiger partial charge in [0.25, 0.3) is 5.91 Å². The van der Waals surface area contributed by atoms with Gasteiger partial charge in [0.05, 0.1) is 12.2 Å². The second kappa shape index (κ2) is 9.74. The van der Waals surface area contributed by atoms with Crippen molar-refractivity contribution >= 4 is 23.5 Å². The van der Waals surface area contributed by atoms with Gasteiger partial charge in [0, 0.05) is 40.7 Å². The number of Topliss-reactive ketones (excluding diaryl/α,β-unsaturated/α-hetero) is 1. The van der Waals surface area contributed by atoms with Gasteiger partial charge in [-0.25, -0.2) is 0 Å². The lowest BCUT2D eigenvalue weighted by atomic mass is 9.89. The Bertz CT molecular complexity index is 1100. The van der Waals surface area contributed by atoms with Gasteiger partial charge in [0.2, 0.25) is 0 Å². The number of likely N-dealkylation sites (tertiary alicyclic amines) is 1. The van der Waals surface area contributed by atoms with Crippen LogP contribution < -0.4 is 0 Å². The number of amides is 1. The summed E-state index contributed by atoms with van der Waals surface area (Å²) in [4.78, 5) is 29.1. The van der Waals surface area contributed by atoms with Crippen molar-refractivity contribution in [3.8, 4) is 0 Å². The molecule has 0 unspecified atom stereocenters. The van der Waals surface area contributed by atoms with Gasteiger partial charge in [-0.3, -0.25) is 14.3 Å². The highest BCUT2D eigenvalue weighted by Gasteiger charge is 2.29. The van der Waals surface area contributed by atoms with Gasteiger partial charge in [-0.2, -0.15) is 5.10 Å².